The lowest BCUT2D eigenvalue weighted by Crippen LogP contribution is -2.47. The monoisotopic (exact) mass is 507 g/mol. The van der Waals surface area contributed by atoms with Gasteiger partial charge in [-0.05, 0) is 64.2 Å². The average Bonchev–Trinajstić information content (AvgIpc) is 2.66. The summed E-state index contributed by atoms with van der Waals surface area (Å²) in [6, 6.07) is 0. The highest BCUT2D eigenvalue weighted by atomic mass is 35.5. The van der Waals surface area contributed by atoms with Gasteiger partial charge in [0, 0.05) is 20.2 Å². The molecule has 0 saturated carbocycles. The van der Waals surface area contributed by atoms with Gasteiger partial charge in [0.2, 0.25) is 12.1 Å². The van der Waals surface area contributed by atoms with Crippen molar-refractivity contribution in [1.29, 1.82) is 5.41 Å². The molecule has 0 aliphatic heterocycles. The second-order valence-electron chi connectivity index (χ2n) is 6.25. The Bertz CT molecular complexity index is 486. The van der Waals surface area contributed by atoms with Crippen LogP contribution >= 0.6 is 37.2 Å². The number of halogens is 3. The van der Waals surface area contributed by atoms with Gasteiger partial charge in [-0.15, -0.1) is 37.2 Å². The van der Waals surface area contributed by atoms with Crippen molar-refractivity contribution in [2.45, 2.75) is 44.8 Å². The number of nitrogens with one attached hydrogen (secondary N) is 5. The van der Waals surface area contributed by atoms with E-state index in [0.29, 0.717) is 19.6 Å². The van der Waals surface area contributed by atoms with E-state index in [9.17, 15) is 9.59 Å². The maximum absolute atomic E-state index is 12.0. The van der Waals surface area contributed by atoms with Crippen LogP contribution < -0.4 is 32.7 Å². The molecule has 0 spiro atoms. The van der Waals surface area contributed by atoms with Crippen molar-refractivity contribution in [2.24, 2.45) is 11.5 Å². The number of hydrogen-bond acceptors (Lipinski definition) is 6. The molecule has 1 unspecified atom stereocenters. The fourth-order valence-corrected chi connectivity index (χ4v) is 2.24. The molecule has 13 heteroatoms. The molecular weight excluding hydrogens is 469 g/mol. The van der Waals surface area contributed by atoms with E-state index in [1.54, 1.807) is 6.08 Å². The number of carbonyl (C=O) groups is 2. The van der Waals surface area contributed by atoms with Crippen molar-refractivity contribution in [3.05, 3.63) is 12.2 Å². The van der Waals surface area contributed by atoms with Crippen molar-refractivity contribution < 1.29 is 14.3 Å². The molecule has 0 aliphatic carbocycles. The van der Waals surface area contributed by atoms with Gasteiger partial charge in [-0.2, -0.15) is 0 Å². The quantitative estimate of drug-likeness (QED) is 0.0490. The Morgan fingerprint density at radius 2 is 1.55 bits per heavy atom. The molecule has 0 aromatic rings. The van der Waals surface area contributed by atoms with Gasteiger partial charge in [0.25, 0.3) is 5.91 Å². The summed E-state index contributed by atoms with van der Waals surface area (Å²) in [4.78, 5) is 23.9. The van der Waals surface area contributed by atoms with Crippen LogP contribution in [0.25, 0.3) is 0 Å². The van der Waals surface area contributed by atoms with Crippen LogP contribution in [0.3, 0.4) is 0 Å². The minimum atomic E-state index is -1.01. The molecule has 186 valence electrons. The highest BCUT2D eigenvalue weighted by Gasteiger charge is 2.18. The lowest BCUT2D eigenvalue weighted by molar-refractivity contribution is -0.137. The fraction of sp³-hybridized carbons (Fsp3) is 0.722. The van der Waals surface area contributed by atoms with Crippen LogP contribution in [0.1, 0.15) is 38.5 Å². The highest BCUT2D eigenvalue weighted by molar-refractivity contribution is 5.92. The molecule has 31 heavy (non-hydrogen) atoms. The lowest BCUT2D eigenvalue weighted by Gasteiger charge is -2.15. The zero-order valence-corrected chi connectivity index (χ0v) is 20.6. The Morgan fingerprint density at radius 1 is 0.968 bits per heavy atom. The van der Waals surface area contributed by atoms with Gasteiger partial charge in [0.15, 0.2) is 5.96 Å². The average molecular weight is 509 g/mol. The van der Waals surface area contributed by atoms with Crippen LogP contribution in [0.2, 0.25) is 0 Å². The molecule has 0 aromatic heterocycles. The standard InChI is InChI=1S/C18H37N7O3.3ClH/c1-28-17(16(27)23-13-7-6-11-22-12-8-10-19)25-15(26)9-4-2-3-5-14-24-18(20)21;;;/h4,9,17,22H,2-3,5-8,10-14,19H2,1H3,(H,23,27)(H,25,26)(H4,20,21,24);3*1H. The van der Waals surface area contributed by atoms with Gasteiger partial charge >= 0.3 is 0 Å². The Morgan fingerprint density at radius 3 is 2.16 bits per heavy atom. The van der Waals surface area contributed by atoms with Crippen molar-refractivity contribution in [1.82, 2.24) is 21.3 Å². The van der Waals surface area contributed by atoms with Gasteiger partial charge < -0.3 is 37.5 Å². The summed E-state index contributed by atoms with van der Waals surface area (Å²) in [6.07, 6.45) is 7.28. The number of allylic oxidation sites excluding steroid dienone is 1. The third kappa shape index (κ3) is 24.8. The van der Waals surface area contributed by atoms with Gasteiger partial charge in [-0.1, -0.05) is 6.08 Å². The lowest BCUT2D eigenvalue weighted by atomic mass is 10.2. The minimum Gasteiger partial charge on any atom is -0.370 e. The van der Waals surface area contributed by atoms with E-state index in [1.807, 2.05) is 0 Å². The molecule has 9 N–H and O–H groups in total. The van der Waals surface area contributed by atoms with E-state index < -0.39 is 6.23 Å². The van der Waals surface area contributed by atoms with Gasteiger partial charge in [0.05, 0.1) is 0 Å². The molecule has 0 aliphatic rings. The first-order valence-electron chi connectivity index (χ1n) is 9.77. The molecule has 0 heterocycles. The summed E-state index contributed by atoms with van der Waals surface area (Å²) >= 11 is 0. The summed E-state index contributed by atoms with van der Waals surface area (Å²) in [6.45, 7) is 3.63. The number of carbonyl (C=O) groups excluding carboxylic acids is 2. The van der Waals surface area contributed by atoms with Crippen molar-refractivity contribution in [3.8, 4) is 0 Å². The predicted molar refractivity (Wildman–Crippen MR) is 132 cm³/mol. The number of methoxy groups -OCH3 is 1. The molecule has 0 fully saturated rings. The molecular formula is C18H40Cl3N7O3. The van der Waals surface area contributed by atoms with E-state index in [-0.39, 0.29) is 55.0 Å². The normalized spacial score (nSPS) is 10.8. The number of ether oxygens (including phenoxy) is 1. The zero-order chi connectivity index (χ0) is 21.0. The van der Waals surface area contributed by atoms with Gasteiger partial charge in [-0.25, -0.2) is 0 Å². The Balaban J connectivity index is -0.00000121. The molecule has 10 nitrogen and oxygen atoms in total. The topological polar surface area (TPSA) is 167 Å². The van der Waals surface area contributed by atoms with Crippen molar-refractivity contribution in [2.75, 3.05) is 39.8 Å². The summed E-state index contributed by atoms with van der Waals surface area (Å²) in [7, 11) is 1.37. The number of hydrogen-bond donors (Lipinski definition) is 7. The first kappa shape index (κ1) is 37.0. The largest absolute Gasteiger partial charge is 0.370 e. The van der Waals surface area contributed by atoms with E-state index in [1.165, 1.54) is 13.2 Å². The fourth-order valence-electron chi connectivity index (χ4n) is 2.24. The summed E-state index contributed by atoms with van der Waals surface area (Å²) < 4.78 is 5.04. The van der Waals surface area contributed by atoms with Crippen LogP contribution in [0.15, 0.2) is 12.2 Å². The molecule has 0 saturated heterocycles. The van der Waals surface area contributed by atoms with E-state index in [4.69, 9.17) is 21.6 Å². The highest BCUT2D eigenvalue weighted by Crippen LogP contribution is 1.96. The zero-order valence-electron chi connectivity index (χ0n) is 18.1. The van der Waals surface area contributed by atoms with Crippen LogP contribution in [-0.2, 0) is 14.3 Å². The van der Waals surface area contributed by atoms with Crippen LogP contribution in [0, 0.1) is 5.41 Å². The van der Waals surface area contributed by atoms with E-state index in [2.05, 4.69) is 21.3 Å². The number of rotatable bonds is 17. The molecule has 0 bridgehead atoms. The summed E-state index contributed by atoms with van der Waals surface area (Å²) in [5, 5.41) is 18.3. The Hall–Kier alpha value is -1.30. The van der Waals surface area contributed by atoms with E-state index in [0.717, 1.165) is 51.6 Å². The number of amides is 2. The predicted octanol–water partition coefficient (Wildman–Crippen LogP) is 0.385. The van der Waals surface area contributed by atoms with E-state index >= 15 is 0 Å². The van der Waals surface area contributed by atoms with Crippen LogP contribution in [0.5, 0.6) is 0 Å². The SMILES string of the molecule is COC(NC(=O)C=CCCCCNC(=N)N)C(=O)NCCCCNCCCN.Cl.Cl.Cl. The minimum absolute atomic E-state index is 0. The van der Waals surface area contributed by atoms with Gasteiger partial charge in [0.1, 0.15) is 0 Å². The molecule has 1 atom stereocenters. The number of nitrogens with two attached hydrogens (primary N) is 2. The third-order valence-corrected chi connectivity index (χ3v) is 3.77. The third-order valence-electron chi connectivity index (χ3n) is 3.77. The molecule has 2 amide bonds. The van der Waals surface area contributed by atoms with Crippen LogP contribution in [-0.4, -0.2) is 63.8 Å². The number of guanidine groups is 1. The Labute approximate surface area is 204 Å². The maximum Gasteiger partial charge on any atom is 0.270 e. The smallest absolute Gasteiger partial charge is 0.270 e. The number of unbranched alkanes of at least 4 members (excludes halogenated alkanes) is 3. The van der Waals surface area contributed by atoms with Gasteiger partial charge in [-0.3, -0.25) is 15.0 Å². The van der Waals surface area contributed by atoms with Crippen molar-refractivity contribution in [3.63, 3.8) is 0 Å². The second-order valence-corrected chi connectivity index (χ2v) is 6.25. The molecule has 0 radical (unpaired) electrons. The first-order valence-corrected chi connectivity index (χ1v) is 9.77. The molecule has 0 rings (SSSR count). The maximum atomic E-state index is 12.0. The summed E-state index contributed by atoms with van der Waals surface area (Å²) in [5.74, 6) is -0.790. The van der Waals surface area contributed by atoms with Crippen LogP contribution in [0.4, 0.5) is 0 Å². The summed E-state index contributed by atoms with van der Waals surface area (Å²) in [5.41, 5.74) is 10.6. The second kappa shape index (κ2) is 26.7. The Kier molecular flexibility index (Phi) is 31.9. The first-order chi connectivity index (χ1) is 13.5. The van der Waals surface area contributed by atoms with Crippen molar-refractivity contribution >= 4 is 55.0 Å². The molecule has 0 aromatic carbocycles.